The van der Waals surface area contributed by atoms with Gasteiger partial charge in [0.05, 0.1) is 38.7 Å². The predicted molar refractivity (Wildman–Crippen MR) is 85.8 cm³/mol. The van der Waals surface area contributed by atoms with Gasteiger partial charge in [-0.3, -0.25) is 0 Å². The lowest BCUT2D eigenvalue weighted by Crippen LogP contribution is -2.30. The van der Waals surface area contributed by atoms with Gasteiger partial charge < -0.3 is 25.6 Å². The number of nitrogens with one attached hydrogen (secondary N) is 1. The van der Waals surface area contributed by atoms with E-state index in [4.69, 9.17) is 15.2 Å². The van der Waals surface area contributed by atoms with Crippen molar-refractivity contribution in [1.29, 1.82) is 0 Å². The molecule has 0 fully saturated rings. The monoisotopic (exact) mass is 303 g/mol. The van der Waals surface area contributed by atoms with Crippen molar-refractivity contribution in [3.63, 3.8) is 0 Å². The van der Waals surface area contributed by atoms with Gasteiger partial charge in [-0.25, -0.2) is 0 Å². The Labute approximate surface area is 129 Å². The number of aromatic nitrogens is 1. The zero-order valence-electron chi connectivity index (χ0n) is 12.5. The number of benzene rings is 1. The molecule has 0 saturated heterocycles. The fourth-order valence-electron chi connectivity index (χ4n) is 1.91. The molecule has 0 spiro atoms. The second-order valence-corrected chi connectivity index (χ2v) is 4.82. The summed E-state index contributed by atoms with van der Waals surface area (Å²) in [5, 5.41) is 12.5. The average Bonchev–Trinajstić information content (AvgIpc) is 2.56. The van der Waals surface area contributed by atoms with Crippen molar-refractivity contribution >= 4 is 11.5 Å². The van der Waals surface area contributed by atoms with Crippen LogP contribution in [0, 0.1) is 0 Å². The number of hydrogen-bond acceptors (Lipinski definition) is 6. The third-order valence-corrected chi connectivity index (χ3v) is 3.10. The predicted octanol–water partition coefficient (Wildman–Crippen LogP) is 1.66. The third-order valence-electron chi connectivity index (χ3n) is 3.10. The normalized spacial score (nSPS) is 11.9. The largest absolute Gasteiger partial charge is 0.481 e. The molecule has 4 N–H and O–H groups in total. The zero-order chi connectivity index (χ0) is 15.8. The molecule has 0 saturated carbocycles. The second kappa shape index (κ2) is 8.21. The van der Waals surface area contributed by atoms with E-state index in [2.05, 4.69) is 10.3 Å². The minimum atomic E-state index is -0.300. The Kier molecular flexibility index (Phi) is 6.00. The van der Waals surface area contributed by atoms with Crippen molar-refractivity contribution in [2.45, 2.75) is 12.6 Å². The minimum absolute atomic E-state index is 0.0902. The maximum atomic E-state index is 9.46. The Morgan fingerprint density at radius 1 is 1.23 bits per heavy atom. The van der Waals surface area contributed by atoms with Crippen LogP contribution in [0.2, 0.25) is 0 Å². The molecule has 1 aromatic heterocycles. The van der Waals surface area contributed by atoms with Gasteiger partial charge >= 0.3 is 0 Å². The average molecular weight is 303 g/mol. The number of ether oxygens (including phenoxy) is 2. The smallest absolute Gasteiger partial charge is 0.215 e. The van der Waals surface area contributed by atoms with Gasteiger partial charge in [-0.15, -0.1) is 0 Å². The van der Waals surface area contributed by atoms with Crippen molar-refractivity contribution < 1.29 is 14.6 Å². The molecule has 1 atom stereocenters. The number of methoxy groups -OCH3 is 1. The van der Waals surface area contributed by atoms with Gasteiger partial charge in [-0.2, -0.15) is 4.98 Å². The summed E-state index contributed by atoms with van der Waals surface area (Å²) in [6.07, 6.45) is 0. The highest BCUT2D eigenvalue weighted by molar-refractivity contribution is 5.62. The number of hydrogen-bond donors (Lipinski definition) is 3. The SMILES string of the molecule is COc1ccc(N)c(NC(CO)COCc2ccccc2)n1. The van der Waals surface area contributed by atoms with Crippen LogP contribution in [0.25, 0.3) is 0 Å². The van der Waals surface area contributed by atoms with Crippen LogP contribution in [0.4, 0.5) is 11.5 Å². The molecular weight excluding hydrogens is 282 g/mol. The minimum Gasteiger partial charge on any atom is -0.481 e. The molecule has 0 aliphatic carbocycles. The quantitative estimate of drug-likeness (QED) is 0.687. The molecule has 6 nitrogen and oxygen atoms in total. The lowest BCUT2D eigenvalue weighted by molar-refractivity contribution is 0.0950. The maximum Gasteiger partial charge on any atom is 0.215 e. The van der Waals surface area contributed by atoms with E-state index in [9.17, 15) is 5.11 Å². The van der Waals surface area contributed by atoms with E-state index in [1.165, 1.54) is 7.11 Å². The summed E-state index contributed by atoms with van der Waals surface area (Å²) >= 11 is 0. The number of anilines is 2. The van der Waals surface area contributed by atoms with Gasteiger partial charge in [-0.1, -0.05) is 30.3 Å². The molecule has 1 aromatic carbocycles. The highest BCUT2D eigenvalue weighted by Crippen LogP contribution is 2.20. The van der Waals surface area contributed by atoms with Crippen LogP contribution in [0.3, 0.4) is 0 Å². The van der Waals surface area contributed by atoms with E-state index < -0.39 is 0 Å². The zero-order valence-corrected chi connectivity index (χ0v) is 12.5. The van der Waals surface area contributed by atoms with Gasteiger partial charge in [0, 0.05) is 6.07 Å². The summed E-state index contributed by atoms with van der Waals surface area (Å²) < 4.78 is 10.7. The van der Waals surface area contributed by atoms with E-state index in [0.717, 1.165) is 5.56 Å². The number of rotatable bonds is 8. The fourth-order valence-corrected chi connectivity index (χ4v) is 1.91. The number of nitrogens with zero attached hydrogens (tertiary/aromatic N) is 1. The molecule has 0 amide bonds. The Morgan fingerprint density at radius 2 is 2.00 bits per heavy atom. The van der Waals surface area contributed by atoms with Gasteiger partial charge in [0.15, 0.2) is 5.82 Å². The van der Waals surface area contributed by atoms with Gasteiger partial charge in [-0.05, 0) is 11.6 Å². The fraction of sp³-hybridized carbons (Fsp3) is 0.312. The van der Waals surface area contributed by atoms with E-state index in [1.807, 2.05) is 30.3 Å². The molecule has 22 heavy (non-hydrogen) atoms. The van der Waals surface area contributed by atoms with Crippen molar-refractivity contribution in [2.75, 3.05) is 31.4 Å². The molecule has 0 radical (unpaired) electrons. The van der Waals surface area contributed by atoms with Crippen LogP contribution in [0.1, 0.15) is 5.56 Å². The third kappa shape index (κ3) is 4.61. The Balaban J connectivity index is 1.89. The molecule has 2 aromatic rings. The van der Waals surface area contributed by atoms with Crippen LogP contribution in [0.15, 0.2) is 42.5 Å². The Hall–Kier alpha value is -2.31. The molecule has 1 unspecified atom stereocenters. The molecule has 0 aliphatic heterocycles. The Bertz CT molecular complexity index is 578. The summed E-state index contributed by atoms with van der Waals surface area (Å²) in [5.74, 6) is 0.931. The molecule has 0 aliphatic rings. The van der Waals surface area contributed by atoms with Crippen LogP contribution < -0.4 is 15.8 Å². The van der Waals surface area contributed by atoms with E-state index in [-0.39, 0.29) is 12.6 Å². The summed E-state index contributed by atoms with van der Waals surface area (Å²) in [7, 11) is 1.54. The molecule has 6 heteroatoms. The van der Waals surface area contributed by atoms with Gasteiger partial charge in [0.1, 0.15) is 0 Å². The highest BCUT2D eigenvalue weighted by atomic mass is 16.5. The van der Waals surface area contributed by atoms with E-state index >= 15 is 0 Å². The Morgan fingerprint density at radius 3 is 2.68 bits per heavy atom. The van der Waals surface area contributed by atoms with Crippen LogP contribution >= 0.6 is 0 Å². The first-order valence-corrected chi connectivity index (χ1v) is 7.02. The summed E-state index contributed by atoms with van der Waals surface area (Å²) in [6, 6.07) is 12.9. The van der Waals surface area contributed by atoms with E-state index in [1.54, 1.807) is 12.1 Å². The first kappa shape index (κ1) is 16.1. The molecule has 2 rings (SSSR count). The van der Waals surface area contributed by atoms with Crippen molar-refractivity contribution in [3.05, 3.63) is 48.0 Å². The van der Waals surface area contributed by atoms with Crippen molar-refractivity contribution in [1.82, 2.24) is 4.98 Å². The molecule has 118 valence electrons. The van der Waals surface area contributed by atoms with Crippen molar-refractivity contribution in [3.8, 4) is 5.88 Å². The standard InChI is InChI=1S/C16H21N3O3/c1-21-15-8-7-14(17)16(19-15)18-13(9-20)11-22-10-12-5-3-2-4-6-12/h2-8,13,20H,9-11,17H2,1H3,(H,18,19). The van der Waals surface area contributed by atoms with Crippen LogP contribution in [-0.4, -0.2) is 36.5 Å². The lowest BCUT2D eigenvalue weighted by Gasteiger charge is -2.18. The highest BCUT2D eigenvalue weighted by Gasteiger charge is 2.11. The summed E-state index contributed by atoms with van der Waals surface area (Å²) in [6.45, 7) is 0.733. The number of pyridine rings is 1. The van der Waals surface area contributed by atoms with E-state index in [0.29, 0.717) is 30.6 Å². The molecule has 1 heterocycles. The first-order valence-electron chi connectivity index (χ1n) is 7.02. The maximum absolute atomic E-state index is 9.46. The first-order chi connectivity index (χ1) is 10.7. The number of aliphatic hydroxyl groups excluding tert-OH is 1. The lowest BCUT2D eigenvalue weighted by atomic mass is 10.2. The van der Waals surface area contributed by atoms with Crippen LogP contribution in [-0.2, 0) is 11.3 Å². The topological polar surface area (TPSA) is 89.6 Å². The van der Waals surface area contributed by atoms with Gasteiger partial charge in [0.2, 0.25) is 5.88 Å². The summed E-state index contributed by atoms with van der Waals surface area (Å²) in [5.41, 5.74) is 7.43. The number of nitrogens with two attached hydrogens (primary N) is 1. The second-order valence-electron chi connectivity index (χ2n) is 4.82. The van der Waals surface area contributed by atoms with Gasteiger partial charge in [0.25, 0.3) is 0 Å². The summed E-state index contributed by atoms with van der Waals surface area (Å²) in [4.78, 5) is 4.22. The number of aliphatic hydroxyl groups is 1. The van der Waals surface area contributed by atoms with Crippen molar-refractivity contribution in [2.24, 2.45) is 0 Å². The number of nitrogen functional groups attached to an aromatic ring is 1. The molecule has 0 bridgehead atoms. The van der Waals surface area contributed by atoms with Crippen LogP contribution in [0.5, 0.6) is 5.88 Å². The molecular formula is C16H21N3O3.